The molecule has 0 aliphatic heterocycles. The Balaban J connectivity index is 1.66. The largest absolute Gasteiger partial charge is 0.496 e. The summed E-state index contributed by atoms with van der Waals surface area (Å²) in [6.45, 7) is 1.15. The summed E-state index contributed by atoms with van der Waals surface area (Å²) in [5, 5.41) is 2.04. The van der Waals surface area contributed by atoms with Crippen LogP contribution in [0.5, 0.6) is 5.75 Å². The van der Waals surface area contributed by atoms with Crippen LogP contribution in [0.4, 0.5) is 0 Å². The fourth-order valence-electron chi connectivity index (χ4n) is 2.69. The molecule has 3 rings (SSSR count). The van der Waals surface area contributed by atoms with Gasteiger partial charge in [-0.2, -0.15) is 0 Å². The maximum Gasteiger partial charge on any atom is 0.233 e. The first kappa shape index (κ1) is 19.5. The molecule has 1 amide bonds. The average molecular weight is 399 g/mol. The number of para-hydroxylation sites is 1. The monoisotopic (exact) mass is 398 g/mol. The topological polar surface area (TPSA) is 42.4 Å². The first-order chi connectivity index (χ1) is 13.3. The number of nitrogens with zero attached hydrogens (tertiary/aromatic N) is 2. The molecule has 0 saturated heterocycles. The number of pyridine rings is 1. The molecule has 0 bridgehead atoms. The number of thiophene rings is 1. The van der Waals surface area contributed by atoms with Crippen LogP contribution >= 0.6 is 23.1 Å². The minimum atomic E-state index is 0.133. The number of amides is 1. The highest BCUT2D eigenvalue weighted by Crippen LogP contribution is 2.22. The van der Waals surface area contributed by atoms with E-state index in [2.05, 4.69) is 11.1 Å². The molecule has 27 heavy (non-hydrogen) atoms. The summed E-state index contributed by atoms with van der Waals surface area (Å²) >= 11 is 3.30. The van der Waals surface area contributed by atoms with Gasteiger partial charge in [-0.25, -0.2) is 0 Å². The van der Waals surface area contributed by atoms with E-state index in [1.165, 1.54) is 10.4 Å². The first-order valence-electron chi connectivity index (χ1n) is 8.65. The number of thioether (sulfide) groups is 1. The molecule has 2 aromatic heterocycles. The Labute approximate surface area is 168 Å². The molecule has 3 aromatic rings. The Morgan fingerprint density at radius 2 is 1.93 bits per heavy atom. The molecular formula is C21H22N2O2S2. The van der Waals surface area contributed by atoms with Crippen molar-refractivity contribution in [3.8, 4) is 5.75 Å². The standard InChI is InChI=1S/C21H22N2O2S2/c1-25-20-7-3-2-5-18(20)13-23(14-19-6-4-12-27-19)21(24)16-26-15-17-8-10-22-11-9-17/h2-12H,13-16H2,1H3. The normalized spacial score (nSPS) is 10.6. The highest BCUT2D eigenvalue weighted by molar-refractivity contribution is 7.99. The van der Waals surface area contributed by atoms with E-state index < -0.39 is 0 Å². The number of methoxy groups -OCH3 is 1. The number of rotatable bonds is 9. The third kappa shape index (κ3) is 5.84. The average Bonchev–Trinajstić information content (AvgIpc) is 3.22. The van der Waals surface area contributed by atoms with Crippen LogP contribution in [0.3, 0.4) is 0 Å². The van der Waals surface area contributed by atoms with Gasteiger partial charge in [0.15, 0.2) is 0 Å². The van der Waals surface area contributed by atoms with E-state index in [0.29, 0.717) is 18.8 Å². The van der Waals surface area contributed by atoms with E-state index in [-0.39, 0.29) is 5.91 Å². The zero-order valence-corrected chi connectivity index (χ0v) is 16.8. The van der Waals surface area contributed by atoms with Crippen LogP contribution in [-0.2, 0) is 23.6 Å². The summed E-state index contributed by atoms with van der Waals surface area (Å²) in [4.78, 5) is 20.0. The van der Waals surface area contributed by atoms with Gasteiger partial charge in [0.2, 0.25) is 5.91 Å². The maximum atomic E-state index is 12.9. The molecule has 6 heteroatoms. The lowest BCUT2D eigenvalue weighted by Gasteiger charge is -2.23. The minimum Gasteiger partial charge on any atom is -0.496 e. The second-order valence-corrected chi connectivity index (χ2v) is 8.01. The van der Waals surface area contributed by atoms with Gasteiger partial charge in [0.05, 0.1) is 19.4 Å². The molecule has 4 nitrogen and oxygen atoms in total. The predicted molar refractivity (Wildman–Crippen MR) is 112 cm³/mol. The Kier molecular flexibility index (Phi) is 7.30. The Bertz CT molecular complexity index is 838. The van der Waals surface area contributed by atoms with Gasteiger partial charge in [0.1, 0.15) is 5.75 Å². The van der Waals surface area contributed by atoms with Crippen molar-refractivity contribution in [2.45, 2.75) is 18.8 Å². The number of carbonyl (C=O) groups is 1. The van der Waals surface area contributed by atoms with E-state index in [1.807, 2.05) is 52.7 Å². The van der Waals surface area contributed by atoms with Crippen LogP contribution in [0, 0.1) is 0 Å². The summed E-state index contributed by atoms with van der Waals surface area (Å²) in [6, 6.07) is 15.9. The molecule has 0 radical (unpaired) electrons. The van der Waals surface area contributed by atoms with Gasteiger partial charge in [-0.05, 0) is 35.2 Å². The Hall–Kier alpha value is -2.31. The molecule has 140 valence electrons. The van der Waals surface area contributed by atoms with Gasteiger partial charge in [0, 0.05) is 35.1 Å². The molecule has 0 aliphatic rings. The van der Waals surface area contributed by atoms with E-state index in [9.17, 15) is 4.79 Å². The molecule has 0 saturated carbocycles. The predicted octanol–water partition coefficient (Wildman–Crippen LogP) is 4.61. The van der Waals surface area contributed by atoms with Crippen molar-refractivity contribution in [2.75, 3.05) is 12.9 Å². The summed E-state index contributed by atoms with van der Waals surface area (Å²) in [5.74, 6) is 2.19. The molecule has 1 aromatic carbocycles. The van der Waals surface area contributed by atoms with Crippen molar-refractivity contribution in [3.05, 3.63) is 82.3 Å². The smallest absolute Gasteiger partial charge is 0.233 e. The second kappa shape index (κ2) is 10.1. The van der Waals surface area contributed by atoms with Crippen molar-refractivity contribution in [1.29, 1.82) is 0 Å². The highest BCUT2D eigenvalue weighted by atomic mass is 32.2. The van der Waals surface area contributed by atoms with Crippen LogP contribution in [-0.4, -0.2) is 28.7 Å². The zero-order valence-electron chi connectivity index (χ0n) is 15.2. The van der Waals surface area contributed by atoms with Crippen molar-refractivity contribution in [1.82, 2.24) is 9.88 Å². The van der Waals surface area contributed by atoms with Gasteiger partial charge in [0.25, 0.3) is 0 Å². The lowest BCUT2D eigenvalue weighted by molar-refractivity contribution is -0.129. The molecule has 0 atom stereocenters. The quantitative estimate of drug-likeness (QED) is 0.528. The lowest BCUT2D eigenvalue weighted by Crippen LogP contribution is -2.31. The maximum absolute atomic E-state index is 12.9. The van der Waals surface area contributed by atoms with Crippen LogP contribution in [0.15, 0.2) is 66.3 Å². The fourth-order valence-corrected chi connectivity index (χ4v) is 4.30. The van der Waals surface area contributed by atoms with Gasteiger partial charge >= 0.3 is 0 Å². The minimum absolute atomic E-state index is 0.133. The van der Waals surface area contributed by atoms with Crippen LogP contribution in [0.25, 0.3) is 0 Å². The van der Waals surface area contributed by atoms with Gasteiger partial charge < -0.3 is 9.64 Å². The molecular weight excluding hydrogens is 376 g/mol. The number of ether oxygens (including phenoxy) is 1. The second-order valence-electron chi connectivity index (χ2n) is 5.99. The van der Waals surface area contributed by atoms with Gasteiger partial charge in [-0.1, -0.05) is 24.3 Å². The third-order valence-electron chi connectivity index (χ3n) is 4.08. The summed E-state index contributed by atoms with van der Waals surface area (Å²) in [7, 11) is 1.66. The van der Waals surface area contributed by atoms with Crippen LogP contribution < -0.4 is 4.74 Å². The third-order valence-corrected chi connectivity index (χ3v) is 5.93. The van der Waals surface area contributed by atoms with Crippen molar-refractivity contribution in [2.24, 2.45) is 0 Å². The SMILES string of the molecule is COc1ccccc1CN(Cc1cccs1)C(=O)CSCc1ccncc1. The molecule has 0 N–H and O–H groups in total. The Morgan fingerprint density at radius 1 is 1.11 bits per heavy atom. The summed E-state index contributed by atoms with van der Waals surface area (Å²) < 4.78 is 5.45. The number of aromatic nitrogens is 1. The number of hydrogen-bond acceptors (Lipinski definition) is 5. The van der Waals surface area contributed by atoms with Crippen LogP contribution in [0.1, 0.15) is 16.0 Å². The Morgan fingerprint density at radius 3 is 2.67 bits per heavy atom. The fraction of sp³-hybridized carbons (Fsp3) is 0.238. The van der Waals surface area contributed by atoms with E-state index >= 15 is 0 Å². The van der Waals surface area contributed by atoms with E-state index in [0.717, 1.165) is 17.1 Å². The van der Waals surface area contributed by atoms with Crippen molar-refractivity contribution < 1.29 is 9.53 Å². The van der Waals surface area contributed by atoms with Crippen molar-refractivity contribution >= 4 is 29.0 Å². The van der Waals surface area contributed by atoms with E-state index in [1.54, 1.807) is 42.6 Å². The van der Waals surface area contributed by atoms with Gasteiger partial charge in [-0.3, -0.25) is 9.78 Å². The molecule has 0 spiro atoms. The molecule has 2 heterocycles. The van der Waals surface area contributed by atoms with Crippen molar-refractivity contribution in [3.63, 3.8) is 0 Å². The zero-order chi connectivity index (χ0) is 18.9. The van der Waals surface area contributed by atoms with Crippen LogP contribution in [0.2, 0.25) is 0 Å². The highest BCUT2D eigenvalue weighted by Gasteiger charge is 2.17. The van der Waals surface area contributed by atoms with Gasteiger partial charge in [-0.15, -0.1) is 23.1 Å². The number of hydrogen-bond donors (Lipinski definition) is 0. The number of carbonyl (C=O) groups excluding carboxylic acids is 1. The number of benzene rings is 1. The molecule has 0 fully saturated rings. The lowest BCUT2D eigenvalue weighted by atomic mass is 10.2. The summed E-state index contributed by atoms with van der Waals surface area (Å²) in [6.07, 6.45) is 3.56. The first-order valence-corrected chi connectivity index (χ1v) is 10.7. The molecule has 0 aliphatic carbocycles. The molecule has 0 unspecified atom stereocenters. The summed E-state index contributed by atoms with van der Waals surface area (Å²) in [5.41, 5.74) is 2.20. The van der Waals surface area contributed by atoms with E-state index in [4.69, 9.17) is 4.74 Å².